The third-order valence-electron chi connectivity index (χ3n) is 4.09. The van der Waals surface area contributed by atoms with Crippen molar-refractivity contribution in [3.63, 3.8) is 0 Å². The topological polar surface area (TPSA) is 70.8 Å². The lowest BCUT2D eigenvalue weighted by Gasteiger charge is -2.08. The number of H-pyrrole nitrogens is 2. The van der Waals surface area contributed by atoms with Crippen LogP contribution < -0.4 is 10.3 Å². The lowest BCUT2D eigenvalue weighted by Crippen LogP contribution is -2.05. The first-order valence-electron chi connectivity index (χ1n) is 8.09. The minimum Gasteiger partial charge on any atom is -0.489 e. The third-order valence-corrected chi connectivity index (χ3v) is 4.09. The molecule has 2 aromatic heterocycles. The van der Waals surface area contributed by atoms with Crippen molar-refractivity contribution in [1.82, 2.24) is 15.0 Å². The number of benzene rings is 2. The second-order valence-corrected chi connectivity index (χ2v) is 5.87. The van der Waals surface area contributed by atoms with Crippen LogP contribution in [0.4, 0.5) is 0 Å². The molecule has 0 aliphatic carbocycles. The smallest absolute Gasteiger partial charge is 0.275 e. The monoisotopic (exact) mass is 331 g/mol. The first-order chi connectivity index (χ1) is 12.3. The van der Waals surface area contributed by atoms with Crippen LogP contribution in [0.5, 0.6) is 5.75 Å². The molecule has 0 aliphatic rings. The Labute approximate surface area is 144 Å². The summed E-state index contributed by atoms with van der Waals surface area (Å²) in [6.45, 7) is 0.536. The normalized spacial score (nSPS) is 10.9. The van der Waals surface area contributed by atoms with E-state index < -0.39 is 0 Å². The Morgan fingerprint density at radius 3 is 2.68 bits per heavy atom. The molecule has 0 unspecified atom stereocenters. The first-order valence-corrected chi connectivity index (χ1v) is 8.09. The van der Waals surface area contributed by atoms with Gasteiger partial charge in [-0.15, -0.1) is 0 Å². The van der Waals surface area contributed by atoms with E-state index >= 15 is 0 Å². The number of aromatic amines is 2. The van der Waals surface area contributed by atoms with Crippen LogP contribution in [-0.4, -0.2) is 15.0 Å². The zero-order chi connectivity index (χ0) is 17.1. The molecule has 0 spiro atoms. The van der Waals surface area contributed by atoms with Crippen molar-refractivity contribution >= 4 is 11.0 Å². The molecule has 0 amide bonds. The van der Waals surface area contributed by atoms with Crippen molar-refractivity contribution in [1.29, 1.82) is 0 Å². The highest BCUT2D eigenvalue weighted by molar-refractivity contribution is 5.77. The maximum atomic E-state index is 11.8. The van der Waals surface area contributed by atoms with Crippen LogP contribution in [0.3, 0.4) is 0 Å². The molecule has 5 nitrogen and oxygen atoms in total. The second kappa shape index (κ2) is 6.65. The van der Waals surface area contributed by atoms with Gasteiger partial charge in [0.15, 0.2) is 0 Å². The fourth-order valence-corrected chi connectivity index (χ4v) is 2.85. The zero-order valence-electron chi connectivity index (χ0n) is 13.5. The van der Waals surface area contributed by atoms with E-state index in [1.807, 2.05) is 60.8 Å². The van der Waals surface area contributed by atoms with Gasteiger partial charge in [-0.2, -0.15) is 0 Å². The highest BCUT2D eigenvalue weighted by Crippen LogP contribution is 2.20. The molecular formula is C20H17N3O2. The van der Waals surface area contributed by atoms with E-state index in [2.05, 4.69) is 15.0 Å². The number of ether oxygens (including phenoxy) is 1. The Hall–Kier alpha value is -3.34. The van der Waals surface area contributed by atoms with Gasteiger partial charge in [-0.3, -0.25) is 4.79 Å². The summed E-state index contributed by atoms with van der Waals surface area (Å²) in [6.07, 6.45) is 3.95. The molecule has 4 rings (SSSR count). The lowest BCUT2D eigenvalue weighted by atomic mass is 10.1. The predicted octanol–water partition coefficient (Wildman–Crippen LogP) is 3.42. The van der Waals surface area contributed by atoms with Crippen LogP contribution >= 0.6 is 0 Å². The Morgan fingerprint density at radius 1 is 0.960 bits per heavy atom. The lowest BCUT2D eigenvalue weighted by molar-refractivity contribution is 0.306. The van der Waals surface area contributed by atoms with Gasteiger partial charge in [0.1, 0.15) is 17.9 Å². The average molecular weight is 331 g/mol. The number of aromatic nitrogens is 3. The van der Waals surface area contributed by atoms with Crippen molar-refractivity contribution in [2.24, 2.45) is 0 Å². The van der Waals surface area contributed by atoms with Gasteiger partial charge < -0.3 is 14.7 Å². The molecule has 0 radical (unpaired) electrons. The van der Waals surface area contributed by atoms with Crippen LogP contribution in [0, 0.1) is 0 Å². The summed E-state index contributed by atoms with van der Waals surface area (Å²) in [6, 6.07) is 18.1. The van der Waals surface area contributed by atoms with Crippen molar-refractivity contribution in [3.8, 4) is 5.75 Å². The maximum absolute atomic E-state index is 11.8. The molecule has 0 saturated carbocycles. The molecule has 4 aromatic rings. The van der Waals surface area contributed by atoms with E-state index in [1.54, 1.807) is 0 Å². The molecular weight excluding hydrogens is 314 g/mol. The van der Waals surface area contributed by atoms with Gasteiger partial charge in [-0.25, -0.2) is 4.98 Å². The molecule has 0 bridgehead atoms. The van der Waals surface area contributed by atoms with Gasteiger partial charge in [-0.05, 0) is 23.3 Å². The summed E-state index contributed by atoms with van der Waals surface area (Å²) in [5.74, 6) is 0.826. The summed E-state index contributed by atoms with van der Waals surface area (Å²) in [7, 11) is 0. The van der Waals surface area contributed by atoms with Crippen LogP contribution in [0.1, 0.15) is 16.7 Å². The maximum Gasteiger partial charge on any atom is 0.275 e. The quantitative estimate of drug-likeness (QED) is 0.589. The largest absolute Gasteiger partial charge is 0.489 e. The third kappa shape index (κ3) is 3.30. The molecule has 124 valence electrons. The molecule has 2 heterocycles. The molecule has 0 fully saturated rings. The van der Waals surface area contributed by atoms with Gasteiger partial charge >= 0.3 is 0 Å². The minimum absolute atomic E-state index is 0.156. The van der Waals surface area contributed by atoms with Crippen molar-refractivity contribution < 1.29 is 4.74 Å². The molecule has 0 atom stereocenters. The number of hydrogen-bond acceptors (Lipinski definition) is 3. The Bertz CT molecular complexity index is 1050. The number of nitrogens with one attached hydrogen (secondary N) is 2. The predicted molar refractivity (Wildman–Crippen MR) is 96.7 cm³/mol. The van der Waals surface area contributed by atoms with Crippen LogP contribution in [-0.2, 0) is 13.0 Å². The Balaban J connectivity index is 1.53. The van der Waals surface area contributed by atoms with Gasteiger partial charge in [-0.1, -0.05) is 42.5 Å². The van der Waals surface area contributed by atoms with Gasteiger partial charge in [0.2, 0.25) is 0 Å². The van der Waals surface area contributed by atoms with Crippen molar-refractivity contribution in [2.45, 2.75) is 13.0 Å². The molecule has 5 heteroatoms. The summed E-state index contributed by atoms with van der Waals surface area (Å²) in [5.41, 5.74) is 4.28. The van der Waals surface area contributed by atoms with E-state index in [9.17, 15) is 4.79 Å². The number of rotatable bonds is 5. The SMILES string of the molecule is O=c1[nH]cnc2c(Cc3cccc(OCc4ccccc4)c3)c[nH]c12. The van der Waals surface area contributed by atoms with E-state index in [-0.39, 0.29) is 5.56 Å². The number of fused-ring (bicyclic) bond motifs is 1. The molecule has 2 N–H and O–H groups in total. The first kappa shape index (κ1) is 15.2. The molecule has 25 heavy (non-hydrogen) atoms. The Kier molecular flexibility index (Phi) is 4.04. The minimum atomic E-state index is -0.156. The van der Waals surface area contributed by atoms with Gasteiger partial charge in [0.25, 0.3) is 5.56 Å². The van der Waals surface area contributed by atoms with Crippen LogP contribution in [0.15, 0.2) is 71.9 Å². The average Bonchev–Trinajstić information content (AvgIpc) is 3.06. The summed E-state index contributed by atoms with van der Waals surface area (Å²) >= 11 is 0. The number of hydrogen-bond donors (Lipinski definition) is 2. The van der Waals surface area contributed by atoms with Gasteiger partial charge in [0, 0.05) is 18.2 Å². The van der Waals surface area contributed by atoms with E-state index in [0.29, 0.717) is 24.1 Å². The fourth-order valence-electron chi connectivity index (χ4n) is 2.85. The highest BCUT2D eigenvalue weighted by atomic mass is 16.5. The summed E-state index contributed by atoms with van der Waals surface area (Å²) < 4.78 is 5.88. The van der Waals surface area contributed by atoms with Crippen molar-refractivity contribution in [3.05, 3.63) is 94.2 Å². The second-order valence-electron chi connectivity index (χ2n) is 5.87. The molecule has 2 aromatic carbocycles. The van der Waals surface area contributed by atoms with Crippen molar-refractivity contribution in [2.75, 3.05) is 0 Å². The fraction of sp³-hybridized carbons (Fsp3) is 0.100. The van der Waals surface area contributed by atoms with Crippen LogP contribution in [0.25, 0.3) is 11.0 Å². The number of nitrogens with zero attached hydrogens (tertiary/aromatic N) is 1. The highest BCUT2D eigenvalue weighted by Gasteiger charge is 2.09. The van der Waals surface area contributed by atoms with Crippen LogP contribution in [0.2, 0.25) is 0 Å². The van der Waals surface area contributed by atoms with E-state index in [4.69, 9.17) is 4.74 Å². The van der Waals surface area contributed by atoms with Gasteiger partial charge in [0.05, 0.1) is 11.8 Å². The van der Waals surface area contributed by atoms with E-state index in [1.165, 1.54) is 6.33 Å². The summed E-state index contributed by atoms with van der Waals surface area (Å²) in [4.78, 5) is 21.6. The zero-order valence-corrected chi connectivity index (χ0v) is 13.5. The van der Waals surface area contributed by atoms with E-state index in [0.717, 1.165) is 22.4 Å². The Morgan fingerprint density at radius 2 is 1.80 bits per heavy atom. The molecule has 0 saturated heterocycles. The standard InChI is InChI=1S/C20H17N3O2/c24-20-19-18(22-13-23-20)16(11-21-19)9-15-7-4-8-17(10-15)25-12-14-5-2-1-3-6-14/h1-8,10-11,13,21H,9,12H2,(H,22,23,24). The summed E-state index contributed by atoms with van der Waals surface area (Å²) in [5, 5.41) is 0. The molecule has 0 aliphatic heterocycles.